The predicted molar refractivity (Wildman–Crippen MR) is 60.4 cm³/mol. The van der Waals surface area contributed by atoms with E-state index in [-0.39, 0.29) is 0 Å². The molecule has 1 fully saturated rings. The zero-order chi connectivity index (χ0) is 9.73. The summed E-state index contributed by atoms with van der Waals surface area (Å²) in [7, 11) is 0. The van der Waals surface area contributed by atoms with Crippen LogP contribution in [0, 0.1) is 11.3 Å². The molecule has 0 bridgehead atoms. The van der Waals surface area contributed by atoms with Crippen LogP contribution in [0.25, 0.3) is 0 Å². The van der Waals surface area contributed by atoms with Gasteiger partial charge < -0.3 is 4.74 Å². The quantitative estimate of drug-likeness (QED) is 0.494. The minimum atomic E-state index is 0.539. The summed E-state index contributed by atoms with van der Waals surface area (Å²) in [6.45, 7) is 6.26. The van der Waals surface area contributed by atoms with Gasteiger partial charge in [-0.25, -0.2) is 0 Å². The summed E-state index contributed by atoms with van der Waals surface area (Å²) in [4.78, 5) is 0. The Bertz CT molecular complexity index is 145. The Labute approximate surface area is 90.4 Å². The first-order valence-corrected chi connectivity index (χ1v) is 6.49. The van der Waals surface area contributed by atoms with E-state index in [9.17, 15) is 0 Å². The summed E-state index contributed by atoms with van der Waals surface area (Å²) in [6.07, 6.45) is 5.41. The molecule has 0 saturated heterocycles. The lowest BCUT2D eigenvalue weighted by Crippen LogP contribution is -2.21. The van der Waals surface area contributed by atoms with Crippen molar-refractivity contribution >= 4 is 15.9 Å². The SMILES string of the molecule is CCOCCCC(C)(CBr)C1CC1. The molecule has 13 heavy (non-hydrogen) atoms. The number of halogens is 1. The first-order valence-electron chi connectivity index (χ1n) is 5.36. The van der Waals surface area contributed by atoms with Crippen LogP contribution < -0.4 is 0 Å². The second-order valence-electron chi connectivity index (χ2n) is 4.36. The van der Waals surface area contributed by atoms with Crippen molar-refractivity contribution in [1.82, 2.24) is 0 Å². The number of hydrogen-bond acceptors (Lipinski definition) is 1. The fourth-order valence-corrected chi connectivity index (χ4v) is 2.62. The average molecular weight is 249 g/mol. The minimum absolute atomic E-state index is 0.539. The molecule has 0 amide bonds. The lowest BCUT2D eigenvalue weighted by Gasteiger charge is -2.27. The molecule has 0 aliphatic heterocycles. The first-order chi connectivity index (χ1) is 6.23. The summed E-state index contributed by atoms with van der Waals surface area (Å²) >= 11 is 3.64. The zero-order valence-corrected chi connectivity index (χ0v) is 10.4. The van der Waals surface area contributed by atoms with Crippen molar-refractivity contribution in [3.05, 3.63) is 0 Å². The van der Waals surface area contributed by atoms with Gasteiger partial charge in [0.1, 0.15) is 0 Å². The average Bonchev–Trinajstić information content (AvgIpc) is 2.95. The molecule has 0 aromatic carbocycles. The molecule has 1 aliphatic rings. The van der Waals surface area contributed by atoms with Gasteiger partial charge >= 0.3 is 0 Å². The van der Waals surface area contributed by atoms with E-state index in [1.807, 2.05) is 0 Å². The smallest absolute Gasteiger partial charge is 0.0466 e. The summed E-state index contributed by atoms with van der Waals surface area (Å²) in [5.41, 5.74) is 0.539. The summed E-state index contributed by atoms with van der Waals surface area (Å²) in [6, 6.07) is 0. The Hall–Kier alpha value is 0.440. The van der Waals surface area contributed by atoms with Crippen LogP contribution in [0.3, 0.4) is 0 Å². The molecule has 1 atom stereocenters. The van der Waals surface area contributed by atoms with Crippen molar-refractivity contribution in [2.45, 2.75) is 39.5 Å². The van der Waals surface area contributed by atoms with E-state index in [1.165, 1.54) is 25.7 Å². The van der Waals surface area contributed by atoms with Crippen molar-refractivity contribution < 1.29 is 4.74 Å². The van der Waals surface area contributed by atoms with Gasteiger partial charge in [0.05, 0.1) is 0 Å². The second kappa shape index (κ2) is 5.35. The van der Waals surface area contributed by atoms with E-state index in [1.54, 1.807) is 0 Å². The minimum Gasteiger partial charge on any atom is -0.382 e. The van der Waals surface area contributed by atoms with Gasteiger partial charge in [0.15, 0.2) is 0 Å². The van der Waals surface area contributed by atoms with Crippen LogP contribution in [0.4, 0.5) is 0 Å². The van der Waals surface area contributed by atoms with Gasteiger partial charge in [-0.05, 0) is 43.9 Å². The standard InChI is InChI=1S/C11H21BrO/c1-3-13-8-4-7-11(2,9-12)10-5-6-10/h10H,3-9H2,1-2H3. The van der Waals surface area contributed by atoms with E-state index in [2.05, 4.69) is 29.8 Å². The van der Waals surface area contributed by atoms with Crippen molar-refractivity contribution in [3.8, 4) is 0 Å². The Balaban J connectivity index is 2.15. The summed E-state index contributed by atoms with van der Waals surface area (Å²) < 4.78 is 5.36. The van der Waals surface area contributed by atoms with E-state index in [4.69, 9.17) is 4.74 Å². The molecule has 1 unspecified atom stereocenters. The molecule has 1 aliphatic carbocycles. The lowest BCUT2D eigenvalue weighted by atomic mass is 9.83. The van der Waals surface area contributed by atoms with Crippen LogP contribution in [0.15, 0.2) is 0 Å². The fourth-order valence-electron chi connectivity index (χ4n) is 1.88. The monoisotopic (exact) mass is 248 g/mol. The van der Waals surface area contributed by atoms with Crippen LogP contribution in [0.5, 0.6) is 0 Å². The molecule has 2 heteroatoms. The third-order valence-corrected chi connectivity index (χ3v) is 4.39. The maximum Gasteiger partial charge on any atom is 0.0466 e. The highest BCUT2D eigenvalue weighted by atomic mass is 79.9. The van der Waals surface area contributed by atoms with Crippen LogP contribution in [0.2, 0.25) is 0 Å². The van der Waals surface area contributed by atoms with Gasteiger partial charge in [0.25, 0.3) is 0 Å². The van der Waals surface area contributed by atoms with Crippen LogP contribution in [0.1, 0.15) is 39.5 Å². The Morgan fingerprint density at radius 1 is 1.46 bits per heavy atom. The van der Waals surface area contributed by atoms with Crippen molar-refractivity contribution in [2.24, 2.45) is 11.3 Å². The molecular weight excluding hydrogens is 228 g/mol. The Kier molecular flexibility index (Phi) is 4.74. The van der Waals surface area contributed by atoms with Gasteiger partial charge in [-0.15, -0.1) is 0 Å². The third kappa shape index (κ3) is 3.59. The van der Waals surface area contributed by atoms with E-state index < -0.39 is 0 Å². The van der Waals surface area contributed by atoms with Crippen molar-refractivity contribution in [3.63, 3.8) is 0 Å². The molecule has 0 N–H and O–H groups in total. The molecule has 0 radical (unpaired) electrons. The van der Waals surface area contributed by atoms with Crippen LogP contribution >= 0.6 is 15.9 Å². The second-order valence-corrected chi connectivity index (χ2v) is 4.92. The highest BCUT2D eigenvalue weighted by Gasteiger charge is 2.39. The largest absolute Gasteiger partial charge is 0.382 e. The molecule has 1 saturated carbocycles. The van der Waals surface area contributed by atoms with Gasteiger partial charge in [-0.3, -0.25) is 0 Å². The summed E-state index contributed by atoms with van der Waals surface area (Å²) in [5, 5.41) is 1.15. The molecule has 0 heterocycles. The maximum atomic E-state index is 5.36. The van der Waals surface area contributed by atoms with Gasteiger partial charge in [-0.2, -0.15) is 0 Å². The van der Waals surface area contributed by atoms with E-state index in [0.29, 0.717) is 5.41 Å². The highest BCUT2D eigenvalue weighted by Crippen LogP contribution is 2.49. The molecule has 0 spiro atoms. The summed E-state index contributed by atoms with van der Waals surface area (Å²) in [5.74, 6) is 0.980. The molecular formula is C11H21BrO. The Morgan fingerprint density at radius 2 is 2.15 bits per heavy atom. The van der Waals surface area contributed by atoms with Gasteiger partial charge in [0.2, 0.25) is 0 Å². The van der Waals surface area contributed by atoms with Crippen molar-refractivity contribution in [1.29, 1.82) is 0 Å². The van der Waals surface area contributed by atoms with Crippen molar-refractivity contribution in [2.75, 3.05) is 18.5 Å². The number of rotatable bonds is 7. The number of ether oxygens (including phenoxy) is 1. The molecule has 0 aromatic rings. The normalized spacial score (nSPS) is 21.5. The maximum absolute atomic E-state index is 5.36. The van der Waals surface area contributed by atoms with Gasteiger partial charge in [-0.1, -0.05) is 22.9 Å². The Morgan fingerprint density at radius 3 is 2.62 bits per heavy atom. The van der Waals surface area contributed by atoms with Gasteiger partial charge in [0, 0.05) is 18.5 Å². The molecule has 78 valence electrons. The topological polar surface area (TPSA) is 9.23 Å². The van der Waals surface area contributed by atoms with E-state index in [0.717, 1.165) is 24.5 Å². The molecule has 1 nitrogen and oxygen atoms in total. The first kappa shape index (κ1) is 11.5. The zero-order valence-electron chi connectivity index (χ0n) is 8.81. The molecule has 0 aromatic heterocycles. The van der Waals surface area contributed by atoms with Crippen LogP contribution in [-0.2, 0) is 4.74 Å². The molecule has 1 rings (SSSR count). The van der Waals surface area contributed by atoms with E-state index >= 15 is 0 Å². The van der Waals surface area contributed by atoms with Crippen LogP contribution in [-0.4, -0.2) is 18.5 Å². The number of hydrogen-bond donors (Lipinski definition) is 0. The predicted octanol–water partition coefficient (Wildman–Crippen LogP) is 3.61. The lowest BCUT2D eigenvalue weighted by molar-refractivity contribution is 0.130. The highest BCUT2D eigenvalue weighted by molar-refractivity contribution is 9.09. The fraction of sp³-hybridized carbons (Fsp3) is 1.00. The number of alkyl halides is 1. The third-order valence-electron chi connectivity index (χ3n) is 3.11.